The normalized spacial score (nSPS) is 16.5. The minimum atomic E-state index is -3.72. The summed E-state index contributed by atoms with van der Waals surface area (Å²) in [6.07, 6.45) is 1.49. The highest BCUT2D eigenvalue weighted by Crippen LogP contribution is 2.34. The van der Waals surface area contributed by atoms with Crippen LogP contribution >= 0.6 is 11.3 Å². The lowest BCUT2D eigenvalue weighted by molar-refractivity contribution is -0.118. The third-order valence-electron chi connectivity index (χ3n) is 5.63. The van der Waals surface area contributed by atoms with E-state index in [9.17, 15) is 17.6 Å². The second-order valence-corrected chi connectivity index (χ2v) is 11.1. The van der Waals surface area contributed by atoms with Gasteiger partial charge in [-0.2, -0.15) is 0 Å². The van der Waals surface area contributed by atoms with Crippen molar-refractivity contribution < 1.29 is 22.3 Å². The number of carbonyl (C=O) groups excluding carboxylic acids is 1. The number of aromatic nitrogens is 1. The molecule has 1 amide bonds. The maximum atomic E-state index is 13.2. The zero-order valence-corrected chi connectivity index (χ0v) is 19.6. The molecule has 0 N–H and O–H groups in total. The SMILES string of the molecule is Cc1ccc(C)c2sc(N(CC3CCCO3)C(=O)CCS(=O)(=O)c3ccc(F)cc3)nc12. The van der Waals surface area contributed by atoms with Gasteiger partial charge in [-0.05, 0) is 62.1 Å². The van der Waals surface area contributed by atoms with E-state index >= 15 is 0 Å². The minimum Gasteiger partial charge on any atom is -0.376 e. The molecule has 9 heteroatoms. The average molecular weight is 477 g/mol. The average Bonchev–Trinajstić information content (AvgIpc) is 3.44. The van der Waals surface area contributed by atoms with Crippen molar-refractivity contribution >= 4 is 42.4 Å². The second-order valence-electron chi connectivity index (χ2n) is 8.04. The Labute approximate surface area is 190 Å². The molecule has 0 saturated carbocycles. The van der Waals surface area contributed by atoms with Gasteiger partial charge in [0.25, 0.3) is 0 Å². The van der Waals surface area contributed by atoms with E-state index in [1.165, 1.54) is 23.5 Å². The van der Waals surface area contributed by atoms with Crippen molar-refractivity contribution in [3.8, 4) is 0 Å². The van der Waals surface area contributed by atoms with Gasteiger partial charge in [0.15, 0.2) is 15.0 Å². The molecule has 1 aromatic heterocycles. The number of aryl methyl sites for hydroxylation is 2. The first-order chi connectivity index (χ1) is 15.2. The standard InChI is InChI=1S/C23H25FN2O4S2/c1-15-5-6-16(2)22-21(15)25-23(31-22)26(14-18-4-3-12-30-18)20(27)11-13-32(28,29)19-9-7-17(24)8-10-19/h5-10,18H,3-4,11-14H2,1-2H3. The van der Waals surface area contributed by atoms with Crippen LogP contribution in [0.5, 0.6) is 0 Å². The maximum Gasteiger partial charge on any atom is 0.229 e. The van der Waals surface area contributed by atoms with Gasteiger partial charge in [0.2, 0.25) is 5.91 Å². The molecule has 1 saturated heterocycles. The molecule has 1 aliphatic heterocycles. The van der Waals surface area contributed by atoms with E-state index in [1.807, 2.05) is 26.0 Å². The smallest absolute Gasteiger partial charge is 0.229 e. The highest BCUT2D eigenvalue weighted by molar-refractivity contribution is 7.91. The molecule has 1 aliphatic rings. The summed E-state index contributed by atoms with van der Waals surface area (Å²) in [6, 6.07) is 8.68. The number of sulfone groups is 1. The van der Waals surface area contributed by atoms with E-state index in [0.29, 0.717) is 18.3 Å². The summed E-state index contributed by atoms with van der Waals surface area (Å²) in [5, 5.41) is 0.553. The van der Waals surface area contributed by atoms with Gasteiger partial charge in [-0.25, -0.2) is 17.8 Å². The van der Waals surface area contributed by atoms with Crippen molar-refractivity contribution in [3.05, 3.63) is 53.3 Å². The van der Waals surface area contributed by atoms with Crippen LogP contribution in [0.15, 0.2) is 41.3 Å². The van der Waals surface area contributed by atoms with Gasteiger partial charge < -0.3 is 4.74 Å². The number of ether oxygens (including phenoxy) is 1. The first-order valence-corrected chi connectivity index (χ1v) is 13.0. The molecule has 3 aromatic rings. The molecule has 1 unspecified atom stereocenters. The fourth-order valence-electron chi connectivity index (χ4n) is 3.76. The lowest BCUT2D eigenvalue weighted by Crippen LogP contribution is -2.38. The number of rotatable bonds is 7. The number of anilines is 1. The van der Waals surface area contributed by atoms with Gasteiger partial charge in [-0.1, -0.05) is 23.5 Å². The van der Waals surface area contributed by atoms with Crippen molar-refractivity contribution in [2.75, 3.05) is 23.8 Å². The Morgan fingerprint density at radius 2 is 1.91 bits per heavy atom. The first kappa shape index (κ1) is 22.8. The molecule has 0 radical (unpaired) electrons. The van der Waals surface area contributed by atoms with Crippen LogP contribution in [-0.4, -0.2) is 44.3 Å². The van der Waals surface area contributed by atoms with Crippen molar-refractivity contribution in [2.45, 2.75) is 44.1 Å². The molecule has 2 heterocycles. The fourth-order valence-corrected chi connectivity index (χ4v) is 6.13. The van der Waals surface area contributed by atoms with Gasteiger partial charge in [0.05, 0.1) is 33.5 Å². The highest BCUT2D eigenvalue weighted by Gasteiger charge is 2.28. The number of benzene rings is 2. The van der Waals surface area contributed by atoms with Crippen LogP contribution in [0.3, 0.4) is 0 Å². The summed E-state index contributed by atoms with van der Waals surface area (Å²) >= 11 is 1.44. The number of hydrogen-bond donors (Lipinski definition) is 0. The Morgan fingerprint density at radius 3 is 2.56 bits per heavy atom. The summed E-state index contributed by atoms with van der Waals surface area (Å²) < 4.78 is 45.2. The number of hydrogen-bond acceptors (Lipinski definition) is 6. The molecule has 6 nitrogen and oxygen atoms in total. The zero-order valence-electron chi connectivity index (χ0n) is 18.0. The van der Waals surface area contributed by atoms with Gasteiger partial charge in [0.1, 0.15) is 5.82 Å². The number of fused-ring (bicyclic) bond motifs is 1. The predicted molar refractivity (Wildman–Crippen MR) is 123 cm³/mol. The molecule has 32 heavy (non-hydrogen) atoms. The van der Waals surface area contributed by atoms with Crippen LogP contribution in [0.1, 0.15) is 30.4 Å². The van der Waals surface area contributed by atoms with Crippen molar-refractivity contribution in [3.63, 3.8) is 0 Å². The number of amides is 1. The quantitative estimate of drug-likeness (QED) is 0.472. The van der Waals surface area contributed by atoms with E-state index in [1.54, 1.807) is 4.90 Å². The molecule has 2 aromatic carbocycles. The zero-order chi connectivity index (χ0) is 22.9. The van der Waals surface area contributed by atoms with E-state index < -0.39 is 15.7 Å². The lowest BCUT2D eigenvalue weighted by Gasteiger charge is -2.23. The van der Waals surface area contributed by atoms with Crippen LogP contribution in [0.25, 0.3) is 10.2 Å². The fraction of sp³-hybridized carbons (Fsp3) is 0.391. The summed E-state index contributed by atoms with van der Waals surface area (Å²) in [6.45, 7) is 4.98. The van der Waals surface area contributed by atoms with Crippen LogP contribution in [-0.2, 0) is 19.4 Å². The topological polar surface area (TPSA) is 76.6 Å². The van der Waals surface area contributed by atoms with Gasteiger partial charge >= 0.3 is 0 Å². The van der Waals surface area contributed by atoms with E-state index in [4.69, 9.17) is 9.72 Å². The molecule has 0 bridgehead atoms. The van der Waals surface area contributed by atoms with Crippen molar-refractivity contribution in [1.82, 2.24) is 4.98 Å². The van der Waals surface area contributed by atoms with E-state index in [0.717, 1.165) is 46.3 Å². The molecule has 4 rings (SSSR count). The Kier molecular flexibility index (Phi) is 6.60. The van der Waals surface area contributed by atoms with Crippen LogP contribution in [0, 0.1) is 19.7 Å². The number of halogens is 1. The third-order valence-corrected chi connectivity index (χ3v) is 8.58. The molecule has 0 spiro atoms. The molecule has 0 aliphatic carbocycles. The Hall–Kier alpha value is -2.36. The third kappa shape index (κ3) is 4.84. The van der Waals surface area contributed by atoms with Crippen molar-refractivity contribution in [2.24, 2.45) is 0 Å². The number of carbonyl (C=O) groups is 1. The first-order valence-electron chi connectivity index (χ1n) is 10.5. The summed E-state index contributed by atoms with van der Waals surface area (Å²) in [5.41, 5.74) is 2.96. The second kappa shape index (κ2) is 9.25. The molecule has 1 atom stereocenters. The Morgan fingerprint density at radius 1 is 1.19 bits per heavy atom. The summed E-state index contributed by atoms with van der Waals surface area (Å²) in [7, 11) is -3.72. The lowest BCUT2D eigenvalue weighted by atomic mass is 10.1. The maximum absolute atomic E-state index is 13.2. The van der Waals surface area contributed by atoms with Gasteiger partial charge in [0, 0.05) is 13.0 Å². The molecule has 1 fully saturated rings. The van der Waals surface area contributed by atoms with E-state index in [2.05, 4.69) is 0 Å². The van der Waals surface area contributed by atoms with E-state index in [-0.39, 0.29) is 29.1 Å². The number of thiazole rings is 1. The molecular weight excluding hydrogens is 451 g/mol. The summed E-state index contributed by atoms with van der Waals surface area (Å²) in [5.74, 6) is -1.19. The highest BCUT2D eigenvalue weighted by atomic mass is 32.2. The Bertz CT molecular complexity index is 1190. The van der Waals surface area contributed by atoms with Gasteiger partial charge in [-0.3, -0.25) is 9.69 Å². The molecule has 170 valence electrons. The predicted octanol–water partition coefficient (Wildman–Crippen LogP) is 4.43. The van der Waals surface area contributed by atoms with Crippen LogP contribution in [0.2, 0.25) is 0 Å². The van der Waals surface area contributed by atoms with Crippen LogP contribution in [0.4, 0.5) is 9.52 Å². The van der Waals surface area contributed by atoms with Crippen molar-refractivity contribution in [1.29, 1.82) is 0 Å². The monoisotopic (exact) mass is 476 g/mol. The number of nitrogens with zero attached hydrogens (tertiary/aromatic N) is 2. The minimum absolute atomic E-state index is 0.00335. The molecular formula is C23H25FN2O4S2. The van der Waals surface area contributed by atoms with Gasteiger partial charge in [-0.15, -0.1) is 0 Å². The Balaban J connectivity index is 1.59. The largest absolute Gasteiger partial charge is 0.376 e. The summed E-state index contributed by atoms with van der Waals surface area (Å²) in [4.78, 5) is 19.5. The van der Waals surface area contributed by atoms with Crippen LogP contribution < -0.4 is 4.90 Å².